The first-order valence-corrected chi connectivity index (χ1v) is 4.61. The van der Waals surface area contributed by atoms with E-state index in [0.29, 0.717) is 11.4 Å². The van der Waals surface area contributed by atoms with Crippen LogP contribution in [0, 0.1) is 17.1 Å². The van der Waals surface area contributed by atoms with Crippen LogP contribution in [0.25, 0.3) is 11.1 Å². The van der Waals surface area contributed by atoms with Gasteiger partial charge in [-0.1, -0.05) is 0 Å². The van der Waals surface area contributed by atoms with Gasteiger partial charge >= 0.3 is 0 Å². The summed E-state index contributed by atoms with van der Waals surface area (Å²) in [6.07, 6.45) is 1.55. The number of halogens is 1. The van der Waals surface area contributed by atoms with Crippen LogP contribution in [-0.4, -0.2) is 4.98 Å². The molecule has 0 saturated heterocycles. The van der Waals surface area contributed by atoms with Gasteiger partial charge in [-0.05, 0) is 35.9 Å². The van der Waals surface area contributed by atoms with Crippen molar-refractivity contribution in [2.45, 2.75) is 0 Å². The predicted octanol–water partition coefficient (Wildman–Crippen LogP) is 2.34. The topological polar surface area (TPSA) is 62.7 Å². The predicted molar refractivity (Wildman–Crippen MR) is 58.8 cm³/mol. The first kappa shape index (κ1) is 10.1. The molecular weight excluding hydrogens is 205 g/mol. The van der Waals surface area contributed by atoms with E-state index in [4.69, 9.17) is 11.0 Å². The second-order valence-corrected chi connectivity index (χ2v) is 3.31. The highest BCUT2D eigenvalue weighted by Crippen LogP contribution is 2.21. The first-order chi connectivity index (χ1) is 7.69. The summed E-state index contributed by atoms with van der Waals surface area (Å²) in [5.74, 6) is -0.0356. The Kier molecular flexibility index (Phi) is 2.52. The highest BCUT2D eigenvalue weighted by Gasteiger charge is 2.03. The van der Waals surface area contributed by atoms with Crippen LogP contribution < -0.4 is 5.73 Å². The fraction of sp³-hybridized carbons (Fsp3) is 0. The summed E-state index contributed by atoms with van der Waals surface area (Å²) >= 11 is 0. The van der Waals surface area contributed by atoms with Gasteiger partial charge in [-0.15, -0.1) is 0 Å². The third-order valence-electron chi connectivity index (χ3n) is 2.15. The van der Waals surface area contributed by atoms with Crippen LogP contribution in [0.2, 0.25) is 0 Å². The summed E-state index contributed by atoms with van der Waals surface area (Å²) in [5.41, 5.74) is 7.08. The van der Waals surface area contributed by atoms with E-state index in [9.17, 15) is 4.39 Å². The Morgan fingerprint density at radius 1 is 1.19 bits per heavy atom. The Morgan fingerprint density at radius 2 is 2.00 bits per heavy atom. The third kappa shape index (κ3) is 1.98. The van der Waals surface area contributed by atoms with Gasteiger partial charge in [0.25, 0.3) is 0 Å². The molecule has 0 aliphatic heterocycles. The number of nitrogens with two attached hydrogens (primary N) is 1. The number of benzene rings is 1. The lowest BCUT2D eigenvalue weighted by molar-refractivity contribution is 0.628. The number of hydrogen-bond acceptors (Lipinski definition) is 3. The van der Waals surface area contributed by atoms with E-state index in [1.165, 1.54) is 12.1 Å². The number of hydrogen-bond donors (Lipinski definition) is 1. The molecule has 0 amide bonds. The minimum Gasteiger partial charge on any atom is -0.384 e. The van der Waals surface area contributed by atoms with Crippen molar-refractivity contribution in [3.05, 3.63) is 47.9 Å². The second-order valence-electron chi connectivity index (χ2n) is 3.31. The van der Waals surface area contributed by atoms with Crippen molar-refractivity contribution >= 4 is 5.82 Å². The first-order valence-electron chi connectivity index (χ1n) is 4.61. The van der Waals surface area contributed by atoms with Gasteiger partial charge in [-0.2, -0.15) is 5.26 Å². The van der Waals surface area contributed by atoms with Gasteiger partial charge in [0, 0.05) is 11.8 Å². The molecule has 78 valence electrons. The Bertz CT molecular complexity index is 555. The van der Waals surface area contributed by atoms with Crippen LogP contribution in [0.1, 0.15) is 5.56 Å². The number of aromatic nitrogens is 1. The fourth-order valence-electron chi connectivity index (χ4n) is 1.40. The Labute approximate surface area is 92.0 Å². The Balaban J connectivity index is 2.52. The minimum atomic E-state index is -0.439. The van der Waals surface area contributed by atoms with Crippen molar-refractivity contribution in [2.75, 3.05) is 5.73 Å². The van der Waals surface area contributed by atoms with Crippen molar-refractivity contribution in [1.82, 2.24) is 4.98 Å². The third-order valence-corrected chi connectivity index (χ3v) is 2.15. The molecule has 0 aliphatic carbocycles. The van der Waals surface area contributed by atoms with Crippen LogP contribution in [-0.2, 0) is 0 Å². The largest absolute Gasteiger partial charge is 0.384 e. The maximum absolute atomic E-state index is 13.2. The lowest BCUT2D eigenvalue weighted by atomic mass is 10.1. The number of rotatable bonds is 1. The van der Waals surface area contributed by atoms with Gasteiger partial charge in [-0.25, -0.2) is 9.37 Å². The molecule has 0 unspecified atom stereocenters. The lowest BCUT2D eigenvalue weighted by Crippen LogP contribution is -1.90. The Morgan fingerprint density at radius 3 is 2.62 bits per heavy atom. The van der Waals surface area contributed by atoms with Crippen molar-refractivity contribution in [3.63, 3.8) is 0 Å². The van der Waals surface area contributed by atoms with Gasteiger partial charge in [0.2, 0.25) is 0 Å². The van der Waals surface area contributed by atoms with E-state index >= 15 is 0 Å². The molecule has 4 heteroatoms. The van der Waals surface area contributed by atoms with Crippen molar-refractivity contribution in [3.8, 4) is 17.2 Å². The fourth-order valence-corrected chi connectivity index (χ4v) is 1.40. The maximum Gasteiger partial charge on any atom is 0.125 e. The van der Waals surface area contributed by atoms with Crippen LogP contribution in [0.15, 0.2) is 36.5 Å². The minimum absolute atomic E-state index is 0.284. The van der Waals surface area contributed by atoms with E-state index in [2.05, 4.69) is 4.98 Å². The summed E-state index contributed by atoms with van der Waals surface area (Å²) in [6, 6.07) is 9.42. The van der Waals surface area contributed by atoms with Crippen molar-refractivity contribution < 1.29 is 4.39 Å². The summed E-state index contributed by atoms with van der Waals surface area (Å²) in [5, 5.41) is 8.73. The smallest absolute Gasteiger partial charge is 0.125 e. The van der Waals surface area contributed by atoms with Crippen molar-refractivity contribution in [2.24, 2.45) is 0 Å². The standard InChI is InChI=1S/C12H8FN3/c13-11-4-8(6-14)3-10(5-11)9-1-2-12(15)16-7-9/h1-5,7H,(H2,15,16). The van der Waals surface area contributed by atoms with Crippen LogP contribution in [0.3, 0.4) is 0 Å². The molecule has 1 heterocycles. The molecule has 0 radical (unpaired) electrons. The molecule has 0 atom stereocenters. The molecule has 0 aliphatic rings. The number of anilines is 1. The number of nitriles is 1. The van der Waals surface area contributed by atoms with Gasteiger partial charge in [0.05, 0.1) is 11.6 Å². The summed E-state index contributed by atoms with van der Waals surface area (Å²) in [6.45, 7) is 0. The summed E-state index contributed by atoms with van der Waals surface area (Å²) in [4.78, 5) is 3.91. The van der Waals surface area contributed by atoms with E-state index in [1.807, 2.05) is 6.07 Å². The SMILES string of the molecule is N#Cc1cc(F)cc(-c2ccc(N)nc2)c1. The van der Waals surface area contributed by atoms with Gasteiger partial charge < -0.3 is 5.73 Å². The van der Waals surface area contributed by atoms with Gasteiger partial charge in [0.15, 0.2) is 0 Å². The van der Waals surface area contributed by atoms with E-state index < -0.39 is 5.82 Å². The van der Waals surface area contributed by atoms with Crippen LogP contribution in [0.4, 0.5) is 10.2 Å². The zero-order valence-electron chi connectivity index (χ0n) is 8.31. The molecule has 0 fully saturated rings. The number of nitrogens with zero attached hydrogens (tertiary/aromatic N) is 2. The molecular formula is C12H8FN3. The molecule has 0 spiro atoms. The molecule has 1 aromatic carbocycles. The zero-order chi connectivity index (χ0) is 11.5. The molecule has 1 aromatic heterocycles. The quantitative estimate of drug-likeness (QED) is 0.790. The molecule has 0 bridgehead atoms. The average Bonchev–Trinajstić information content (AvgIpc) is 2.29. The molecule has 2 aromatic rings. The molecule has 3 nitrogen and oxygen atoms in total. The molecule has 2 N–H and O–H groups in total. The van der Waals surface area contributed by atoms with E-state index in [1.54, 1.807) is 24.4 Å². The molecule has 0 saturated carbocycles. The highest BCUT2D eigenvalue weighted by molar-refractivity contribution is 5.65. The summed E-state index contributed by atoms with van der Waals surface area (Å²) < 4.78 is 13.2. The van der Waals surface area contributed by atoms with Gasteiger partial charge in [-0.3, -0.25) is 0 Å². The van der Waals surface area contributed by atoms with E-state index in [0.717, 1.165) is 5.56 Å². The Hall–Kier alpha value is -2.41. The highest BCUT2D eigenvalue weighted by atomic mass is 19.1. The number of nitrogen functional groups attached to an aromatic ring is 1. The summed E-state index contributed by atoms with van der Waals surface area (Å²) in [7, 11) is 0. The monoisotopic (exact) mass is 213 g/mol. The normalized spacial score (nSPS) is 9.75. The molecule has 16 heavy (non-hydrogen) atoms. The number of pyridine rings is 1. The van der Waals surface area contributed by atoms with Crippen molar-refractivity contribution in [1.29, 1.82) is 5.26 Å². The van der Waals surface area contributed by atoms with Crippen LogP contribution in [0.5, 0.6) is 0 Å². The van der Waals surface area contributed by atoms with Crippen LogP contribution >= 0.6 is 0 Å². The zero-order valence-corrected chi connectivity index (χ0v) is 8.31. The molecule has 2 rings (SSSR count). The van der Waals surface area contributed by atoms with E-state index in [-0.39, 0.29) is 5.56 Å². The van der Waals surface area contributed by atoms with Gasteiger partial charge in [0.1, 0.15) is 11.6 Å². The average molecular weight is 213 g/mol. The lowest BCUT2D eigenvalue weighted by Gasteiger charge is -2.02. The second kappa shape index (κ2) is 3.99. The maximum atomic E-state index is 13.2.